The van der Waals surface area contributed by atoms with Crippen LogP contribution in [0.2, 0.25) is 0 Å². The average molecular weight is 216 g/mol. The van der Waals surface area contributed by atoms with Crippen molar-refractivity contribution in [3.63, 3.8) is 0 Å². The summed E-state index contributed by atoms with van der Waals surface area (Å²) < 4.78 is 0. The van der Waals surface area contributed by atoms with Crippen molar-refractivity contribution in [2.45, 2.75) is 52.1 Å². The third-order valence-corrected chi connectivity index (χ3v) is 4.18. The summed E-state index contributed by atoms with van der Waals surface area (Å²) in [6.07, 6.45) is 6.51. The standard InChI is InChI=1S/C12H24OS/c1-9-5-3-4-6-11(9)7-10(2)12(13)8-14/h9-14H,3-8H2,1-2H3/t9?,10?,11?,12-/m0/s1. The van der Waals surface area contributed by atoms with Gasteiger partial charge in [0.2, 0.25) is 0 Å². The summed E-state index contributed by atoms with van der Waals surface area (Å²) in [5, 5.41) is 9.67. The van der Waals surface area contributed by atoms with Crippen molar-refractivity contribution in [2.24, 2.45) is 17.8 Å². The summed E-state index contributed by atoms with van der Waals surface area (Å²) in [6.45, 7) is 4.52. The smallest absolute Gasteiger partial charge is 0.0653 e. The third-order valence-electron chi connectivity index (χ3n) is 3.81. The zero-order valence-electron chi connectivity index (χ0n) is 9.45. The average Bonchev–Trinajstić information content (AvgIpc) is 2.20. The molecule has 0 aromatic carbocycles. The van der Waals surface area contributed by atoms with Gasteiger partial charge in [0.15, 0.2) is 0 Å². The molecular formula is C12H24OS. The molecule has 1 nitrogen and oxygen atoms in total. The maximum atomic E-state index is 9.67. The topological polar surface area (TPSA) is 20.2 Å². The Balaban J connectivity index is 2.34. The fourth-order valence-corrected chi connectivity index (χ4v) is 2.92. The molecule has 3 unspecified atom stereocenters. The van der Waals surface area contributed by atoms with Crippen LogP contribution in [-0.2, 0) is 0 Å². The van der Waals surface area contributed by atoms with Crippen molar-refractivity contribution in [1.29, 1.82) is 0 Å². The Morgan fingerprint density at radius 3 is 2.57 bits per heavy atom. The van der Waals surface area contributed by atoms with E-state index in [2.05, 4.69) is 26.5 Å². The highest BCUT2D eigenvalue weighted by molar-refractivity contribution is 7.80. The second-order valence-electron chi connectivity index (χ2n) is 4.98. The van der Waals surface area contributed by atoms with E-state index in [0.29, 0.717) is 11.7 Å². The second kappa shape index (κ2) is 6.02. The molecule has 0 aliphatic heterocycles. The second-order valence-corrected chi connectivity index (χ2v) is 5.35. The summed E-state index contributed by atoms with van der Waals surface area (Å²) in [5.74, 6) is 2.71. The summed E-state index contributed by atoms with van der Waals surface area (Å²) in [7, 11) is 0. The lowest BCUT2D eigenvalue weighted by Crippen LogP contribution is -2.26. The van der Waals surface area contributed by atoms with Gasteiger partial charge in [0, 0.05) is 5.75 Å². The third kappa shape index (κ3) is 3.47. The number of hydrogen-bond acceptors (Lipinski definition) is 2. The molecule has 84 valence electrons. The van der Waals surface area contributed by atoms with Crippen molar-refractivity contribution in [3.05, 3.63) is 0 Å². The Kier molecular flexibility index (Phi) is 5.32. The molecule has 0 amide bonds. The van der Waals surface area contributed by atoms with E-state index < -0.39 is 0 Å². The molecule has 1 fully saturated rings. The van der Waals surface area contributed by atoms with Crippen LogP contribution in [0.5, 0.6) is 0 Å². The molecule has 1 aliphatic carbocycles. The highest BCUT2D eigenvalue weighted by Gasteiger charge is 2.25. The van der Waals surface area contributed by atoms with Gasteiger partial charge in [-0.2, -0.15) is 12.6 Å². The van der Waals surface area contributed by atoms with Crippen LogP contribution in [0.3, 0.4) is 0 Å². The van der Waals surface area contributed by atoms with Gasteiger partial charge < -0.3 is 5.11 Å². The first-order valence-corrected chi connectivity index (χ1v) is 6.57. The molecular weight excluding hydrogens is 192 g/mol. The summed E-state index contributed by atoms with van der Waals surface area (Å²) in [6, 6.07) is 0. The van der Waals surface area contributed by atoms with Crippen LogP contribution < -0.4 is 0 Å². The lowest BCUT2D eigenvalue weighted by Gasteiger charge is -2.31. The van der Waals surface area contributed by atoms with Crippen LogP contribution in [0.15, 0.2) is 0 Å². The number of aliphatic hydroxyl groups excluding tert-OH is 1. The molecule has 0 aromatic rings. The first kappa shape index (κ1) is 12.4. The Morgan fingerprint density at radius 2 is 2.00 bits per heavy atom. The van der Waals surface area contributed by atoms with E-state index in [1.54, 1.807) is 0 Å². The molecule has 0 spiro atoms. The van der Waals surface area contributed by atoms with Gasteiger partial charge in [0.25, 0.3) is 0 Å². The van der Waals surface area contributed by atoms with Crippen LogP contribution >= 0.6 is 12.6 Å². The van der Waals surface area contributed by atoms with Crippen molar-refractivity contribution in [3.8, 4) is 0 Å². The lowest BCUT2D eigenvalue weighted by atomic mass is 9.75. The molecule has 0 saturated heterocycles. The fourth-order valence-electron chi connectivity index (χ4n) is 2.56. The van der Waals surface area contributed by atoms with Gasteiger partial charge >= 0.3 is 0 Å². The van der Waals surface area contributed by atoms with Crippen LogP contribution in [0.1, 0.15) is 46.0 Å². The monoisotopic (exact) mass is 216 g/mol. The van der Waals surface area contributed by atoms with Crippen molar-refractivity contribution >= 4 is 12.6 Å². The Labute approximate surface area is 93.7 Å². The number of thiol groups is 1. The zero-order chi connectivity index (χ0) is 10.6. The normalized spacial score (nSPS) is 32.6. The van der Waals surface area contributed by atoms with E-state index in [1.165, 1.54) is 32.1 Å². The molecule has 14 heavy (non-hydrogen) atoms. The Morgan fingerprint density at radius 1 is 1.36 bits per heavy atom. The van der Waals surface area contributed by atoms with E-state index >= 15 is 0 Å². The van der Waals surface area contributed by atoms with Gasteiger partial charge in [-0.1, -0.05) is 39.5 Å². The highest BCUT2D eigenvalue weighted by atomic mass is 32.1. The van der Waals surface area contributed by atoms with E-state index in [4.69, 9.17) is 0 Å². The number of aliphatic hydroxyl groups is 1. The first-order chi connectivity index (χ1) is 6.65. The molecule has 0 bridgehead atoms. The summed E-state index contributed by atoms with van der Waals surface area (Å²) in [5.41, 5.74) is 0. The van der Waals surface area contributed by atoms with E-state index in [0.717, 1.165) is 11.8 Å². The SMILES string of the molecule is CC1CCCCC1CC(C)[C@@H](O)CS. The molecule has 0 heterocycles. The maximum Gasteiger partial charge on any atom is 0.0653 e. The lowest BCUT2D eigenvalue weighted by molar-refractivity contribution is 0.105. The van der Waals surface area contributed by atoms with Gasteiger partial charge in [0.05, 0.1) is 6.10 Å². The van der Waals surface area contributed by atoms with E-state index in [-0.39, 0.29) is 6.10 Å². The maximum absolute atomic E-state index is 9.67. The minimum Gasteiger partial charge on any atom is -0.392 e. The van der Waals surface area contributed by atoms with Gasteiger partial charge in [0.1, 0.15) is 0 Å². The highest BCUT2D eigenvalue weighted by Crippen LogP contribution is 2.34. The number of hydrogen-bond donors (Lipinski definition) is 2. The summed E-state index contributed by atoms with van der Waals surface area (Å²) in [4.78, 5) is 0. The van der Waals surface area contributed by atoms with Crippen molar-refractivity contribution in [2.75, 3.05) is 5.75 Å². The molecule has 4 atom stereocenters. The van der Waals surface area contributed by atoms with Gasteiger partial charge in [-0.25, -0.2) is 0 Å². The van der Waals surface area contributed by atoms with Crippen LogP contribution in [0.4, 0.5) is 0 Å². The predicted molar refractivity (Wildman–Crippen MR) is 64.8 cm³/mol. The van der Waals surface area contributed by atoms with E-state index in [1.807, 2.05) is 0 Å². The zero-order valence-corrected chi connectivity index (χ0v) is 10.3. The molecule has 1 aliphatic rings. The molecule has 0 radical (unpaired) electrons. The van der Waals surface area contributed by atoms with Crippen molar-refractivity contribution in [1.82, 2.24) is 0 Å². The molecule has 2 heteroatoms. The molecule has 1 saturated carbocycles. The van der Waals surface area contributed by atoms with Crippen molar-refractivity contribution < 1.29 is 5.11 Å². The van der Waals surface area contributed by atoms with Gasteiger partial charge in [-0.3, -0.25) is 0 Å². The quantitative estimate of drug-likeness (QED) is 0.692. The van der Waals surface area contributed by atoms with Crippen LogP contribution in [-0.4, -0.2) is 17.0 Å². The summed E-state index contributed by atoms with van der Waals surface area (Å²) >= 11 is 4.15. The van der Waals surface area contributed by atoms with Crippen LogP contribution in [0, 0.1) is 17.8 Å². The largest absolute Gasteiger partial charge is 0.392 e. The van der Waals surface area contributed by atoms with Gasteiger partial charge in [-0.15, -0.1) is 0 Å². The predicted octanol–water partition coefficient (Wildman–Crippen LogP) is 3.13. The Bertz CT molecular complexity index is 160. The van der Waals surface area contributed by atoms with E-state index in [9.17, 15) is 5.11 Å². The molecule has 0 aromatic heterocycles. The minimum atomic E-state index is -0.215. The fraction of sp³-hybridized carbons (Fsp3) is 1.00. The minimum absolute atomic E-state index is 0.215. The van der Waals surface area contributed by atoms with Gasteiger partial charge in [-0.05, 0) is 24.2 Å². The number of rotatable bonds is 4. The molecule has 1 N–H and O–H groups in total. The van der Waals surface area contributed by atoms with Crippen LogP contribution in [0.25, 0.3) is 0 Å². The molecule has 1 rings (SSSR count). The Hall–Kier alpha value is 0.310. The first-order valence-electron chi connectivity index (χ1n) is 5.94.